The van der Waals surface area contributed by atoms with Crippen molar-refractivity contribution in [1.82, 2.24) is 0 Å². The Morgan fingerprint density at radius 1 is 1.19 bits per heavy atom. The second-order valence-electron chi connectivity index (χ2n) is 3.49. The van der Waals surface area contributed by atoms with E-state index >= 15 is 0 Å². The molecule has 0 bridgehead atoms. The first-order valence-corrected chi connectivity index (χ1v) is 7.24. The first kappa shape index (κ1) is 12.3. The molecule has 1 N–H and O–H groups in total. The van der Waals surface area contributed by atoms with Crippen molar-refractivity contribution in [3.05, 3.63) is 54.6 Å². The van der Waals surface area contributed by atoms with Gasteiger partial charge in [-0.2, -0.15) is 0 Å². The predicted molar refractivity (Wildman–Crippen MR) is 75.0 cm³/mol. The fourth-order valence-corrected chi connectivity index (χ4v) is 3.54. The van der Waals surface area contributed by atoms with Gasteiger partial charge in [-0.1, -0.05) is 28.1 Å². The van der Waals surface area contributed by atoms with Crippen LogP contribution in [0.25, 0.3) is 0 Å². The first-order chi connectivity index (χ1) is 7.61. The summed E-state index contributed by atoms with van der Waals surface area (Å²) in [5, 5.41) is 12.3. The zero-order valence-corrected chi connectivity index (χ0v) is 12.6. The van der Waals surface area contributed by atoms with E-state index in [4.69, 9.17) is 0 Å². The summed E-state index contributed by atoms with van der Waals surface area (Å²) < 4.78 is 1.99. The SMILES string of the molecule is Cc1c(Br)cccc1C(O)c1sccc1Br. The van der Waals surface area contributed by atoms with Gasteiger partial charge in [0.2, 0.25) is 0 Å². The Morgan fingerprint density at radius 2 is 1.94 bits per heavy atom. The number of halogens is 2. The van der Waals surface area contributed by atoms with Crippen molar-refractivity contribution in [1.29, 1.82) is 0 Å². The van der Waals surface area contributed by atoms with Crippen LogP contribution >= 0.6 is 43.2 Å². The molecule has 2 rings (SSSR count). The van der Waals surface area contributed by atoms with E-state index in [1.165, 1.54) is 0 Å². The molecule has 84 valence electrons. The number of thiophene rings is 1. The summed E-state index contributed by atoms with van der Waals surface area (Å²) in [5.74, 6) is 0. The van der Waals surface area contributed by atoms with E-state index in [1.54, 1.807) is 11.3 Å². The number of aliphatic hydroxyl groups is 1. The molecule has 16 heavy (non-hydrogen) atoms. The molecule has 0 aliphatic heterocycles. The quantitative estimate of drug-likeness (QED) is 0.824. The largest absolute Gasteiger partial charge is 0.383 e. The Morgan fingerprint density at radius 3 is 2.56 bits per heavy atom. The van der Waals surface area contributed by atoms with Gasteiger partial charge in [-0.25, -0.2) is 0 Å². The molecule has 0 aliphatic carbocycles. The summed E-state index contributed by atoms with van der Waals surface area (Å²) in [7, 11) is 0. The maximum absolute atomic E-state index is 10.3. The van der Waals surface area contributed by atoms with E-state index in [2.05, 4.69) is 31.9 Å². The molecular weight excluding hydrogens is 352 g/mol. The highest BCUT2D eigenvalue weighted by Gasteiger charge is 2.17. The molecule has 1 heterocycles. The van der Waals surface area contributed by atoms with E-state index in [0.717, 1.165) is 24.9 Å². The smallest absolute Gasteiger partial charge is 0.115 e. The van der Waals surface area contributed by atoms with Gasteiger partial charge in [0.1, 0.15) is 6.10 Å². The average molecular weight is 362 g/mol. The van der Waals surface area contributed by atoms with Gasteiger partial charge in [-0.15, -0.1) is 11.3 Å². The second-order valence-corrected chi connectivity index (χ2v) is 6.15. The molecule has 2 aromatic rings. The van der Waals surface area contributed by atoms with Gasteiger partial charge >= 0.3 is 0 Å². The highest BCUT2D eigenvalue weighted by Crippen LogP contribution is 2.35. The van der Waals surface area contributed by atoms with E-state index in [0.29, 0.717) is 0 Å². The molecule has 0 radical (unpaired) electrons. The summed E-state index contributed by atoms with van der Waals surface area (Å²) in [6, 6.07) is 7.83. The summed E-state index contributed by atoms with van der Waals surface area (Å²) in [4.78, 5) is 0.946. The van der Waals surface area contributed by atoms with Gasteiger partial charge < -0.3 is 5.11 Å². The van der Waals surface area contributed by atoms with Gasteiger partial charge in [-0.05, 0) is 51.5 Å². The Bertz CT molecular complexity index is 507. The monoisotopic (exact) mass is 360 g/mol. The minimum absolute atomic E-state index is 0.563. The van der Waals surface area contributed by atoms with Crippen LogP contribution in [-0.2, 0) is 0 Å². The second kappa shape index (κ2) is 5.00. The molecule has 1 aromatic carbocycles. The van der Waals surface area contributed by atoms with Gasteiger partial charge in [0.05, 0.1) is 4.88 Å². The van der Waals surface area contributed by atoms with Crippen LogP contribution in [0.1, 0.15) is 22.1 Å². The molecule has 0 aliphatic rings. The van der Waals surface area contributed by atoms with Crippen LogP contribution in [0, 0.1) is 6.92 Å². The van der Waals surface area contributed by atoms with Crippen molar-refractivity contribution in [2.45, 2.75) is 13.0 Å². The maximum Gasteiger partial charge on any atom is 0.115 e. The number of hydrogen-bond donors (Lipinski definition) is 1. The number of aliphatic hydroxyl groups excluding tert-OH is 1. The lowest BCUT2D eigenvalue weighted by Gasteiger charge is -2.13. The summed E-state index contributed by atoms with van der Waals surface area (Å²) >= 11 is 8.48. The summed E-state index contributed by atoms with van der Waals surface area (Å²) in [6.45, 7) is 2.00. The molecule has 0 saturated heterocycles. The Kier molecular flexibility index (Phi) is 3.85. The Balaban J connectivity index is 2.46. The lowest BCUT2D eigenvalue weighted by molar-refractivity contribution is 0.222. The molecule has 4 heteroatoms. The zero-order valence-electron chi connectivity index (χ0n) is 8.58. The molecular formula is C12H10Br2OS. The third-order valence-electron chi connectivity index (χ3n) is 2.50. The molecule has 1 aromatic heterocycles. The minimum atomic E-state index is -0.563. The highest BCUT2D eigenvalue weighted by molar-refractivity contribution is 9.10. The van der Waals surface area contributed by atoms with Crippen molar-refractivity contribution in [3.63, 3.8) is 0 Å². The molecule has 1 unspecified atom stereocenters. The standard InChI is InChI=1S/C12H10Br2OS/c1-7-8(3-2-4-9(7)13)11(15)12-10(14)5-6-16-12/h2-6,11,15H,1H3. The predicted octanol–water partition coefficient (Wildman–Crippen LogP) is 4.66. The summed E-state index contributed by atoms with van der Waals surface area (Å²) in [5.41, 5.74) is 2.02. The third-order valence-corrected chi connectivity index (χ3v) is 5.28. The molecule has 0 saturated carbocycles. The fraction of sp³-hybridized carbons (Fsp3) is 0.167. The van der Waals surface area contributed by atoms with Gasteiger partial charge in [0.25, 0.3) is 0 Å². The van der Waals surface area contributed by atoms with Crippen molar-refractivity contribution in [3.8, 4) is 0 Å². The lowest BCUT2D eigenvalue weighted by Crippen LogP contribution is -2.00. The van der Waals surface area contributed by atoms with Crippen molar-refractivity contribution in [2.75, 3.05) is 0 Å². The van der Waals surface area contributed by atoms with Gasteiger partial charge in [0.15, 0.2) is 0 Å². The van der Waals surface area contributed by atoms with E-state index in [-0.39, 0.29) is 0 Å². The number of hydrogen-bond acceptors (Lipinski definition) is 2. The first-order valence-electron chi connectivity index (χ1n) is 4.77. The van der Waals surface area contributed by atoms with E-state index < -0.39 is 6.10 Å². The molecule has 0 fully saturated rings. The van der Waals surface area contributed by atoms with Crippen LogP contribution in [0.15, 0.2) is 38.6 Å². The summed E-state index contributed by atoms with van der Waals surface area (Å²) in [6.07, 6.45) is -0.563. The van der Waals surface area contributed by atoms with Crippen LogP contribution < -0.4 is 0 Å². The van der Waals surface area contributed by atoms with Crippen LogP contribution in [0.3, 0.4) is 0 Å². The Hall–Kier alpha value is -0.160. The van der Waals surface area contributed by atoms with Gasteiger partial charge in [0, 0.05) is 8.95 Å². The number of benzene rings is 1. The van der Waals surface area contributed by atoms with E-state index in [1.807, 2.05) is 36.6 Å². The zero-order chi connectivity index (χ0) is 11.7. The lowest BCUT2D eigenvalue weighted by atomic mass is 10.0. The topological polar surface area (TPSA) is 20.2 Å². The van der Waals surface area contributed by atoms with Crippen LogP contribution in [-0.4, -0.2) is 5.11 Å². The van der Waals surface area contributed by atoms with E-state index in [9.17, 15) is 5.11 Å². The fourth-order valence-electron chi connectivity index (χ4n) is 1.56. The molecule has 1 nitrogen and oxygen atoms in total. The van der Waals surface area contributed by atoms with Crippen LogP contribution in [0.4, 0.5) is 0 Å². The van der Waals surface area contributed by atoms with Crippen molar-refractivity contribution in [2.24, 2.45) is 0 Å². The normalized spacial score (nSPS) is 12.8. The maximum atomic E-state index is 10.3. The van der Waals surface area contributed by atoms with Crippen molar-refractivity contribution >= 4 is 43.2 Å². The van der Waals surface area contributed by atoms with Crippen molar-refractivity contribution < 1.29 is 5.11 Å². The molecule has 0 amide bonds. The van der Waals surface area contributed by atoms with Crippen LogP contribution in [0.2, 0.25) is 0 Å². The average Bonchev–Trinajstić information content (AvgIpc) is 2.68. The highest BCUT2D eigenvalue weighted by atomic mass is 79.9. The molecule has 0 spiro atoms. The van der Waals surface area contributed by atoms with Crippen LogP contribution in [0.5, 0.6) is 0 Å². The molecule has 1 atom stereocenters. The minimum Gasteiger partial charge on any atom is -0.383 e. The van der Waals surface area contributed by atoms with Gasteiger partial charge in [-0.3, -0.25) is 0 Å². The number of rotatable bonds is 2. The third kappa shape index (κ3) is 2.25. The Labute approximate surface area is 115 Å².